The van der Waals surface area contributed by atoms with Gasteiger partial charge in [-0.1, -0.05) is 11.6 Å². The largest absolute Gasteiger partial charge is 0.452 e. The Morgan fingerprint density at radius 2 is 1.69 bits per heavy atom. The molecule has 2 aromatic carbocycles. The van der Waals surface area contributed by atoms with E-state index in [-0.39, 0.29) is 16.3 Å². The van der Waals surface area contributed by atoms with Crippen LogP contribution in [0.4, 0.5) is 24.5 Å². The molecule has 0 saturated heterocycles. The average molecular weight is 429 g/mol. The van der Waals surface area contributed by atoms with Crippen molar-refractivity contribution < 1.29 is 27.5 Å². The first-order valence-corrected chi connectivity index (χ1v) is 9.22. The molecule has 0 aliphatic rings. The van der Waals surface area contributed by atoms with Crippen molar-refractivity contribution in [1.82, 2.24) is 0 Å². The molecule has 0 spiro atoms. The SMILES string of the molecule is CCN(CC)c1ccc(C(=O)OCC(=O)Nc2cc(C(F)(F)F)ccc2Cl)cc1. The summed E-state index contributed by atoms with van der Waals surface area (Å²) in [5.41, 5.74) is 0.0305. The minimum atomic E-state index is -4.58. The van der Waals surface area contributed by atoms with Crippen LogP contribution in [0.15, 0.2) is 42.5 Å². The highest BCUT2D eigenvalue weighted by molar-refractivity contribution is 6.33. The van der Waals surface area contributed by atoms with Crippen LogP contribution in [0.1, 0.15) is 29.8 Å². The summed E-state index contributed by atoms with van der Waals surface area (Å²) < 4.78 is 43.2. The number of carbonyl (C=O) groups is 2. The van der Waals surface area contributed by atoms with Crippen LogP contribution in [0.5, 0.6) is 0 Å². The van der Waals surface area contributed by atoms with Gasteiger partial charge in [0.2, 0.25) is 0 Å². The van der Waals surface area contributed by atoms with E-state index in [1.54, 1.807) is 24.3 Å². The van der Waals surface area contributed by atoms with Crippen molar-refractivity contribution in [3.8, 4) is 0 Å². The van der Waals surface area contributed by atoms with Crippen molar-refractivity contribution in [2.75, 3.05) is 29.9 Å². The van der Waals surface area contributed by atoms with Gasteiger partial charge in [0.15, 0.2) is 6.61 Å². The molecule has 29 heavy (non-hydrogen) atoms. The Hall–Kier alpha value is -2.74. The van der Waals surface area contributed by atoms with Crippen molar-refractivity contribution in [1.29, 1.82) is 0 Å². The van der Waals surface area contributed by atoms with Crippen LogP contribution in [-0.2, 0) is 15.7 Å². The Bertz CT molecular complexity index is 866. The molecule has 9 heteroatoms. The number of rotatable bonds is 7. The summed E-state index contributed by atoms with van der Waals surface area (Å²) in [6, 6.07) is 9.25. The lowest BCUT2D eigenvalue weighted by atomic mass is 10.2. The van der Waals surface area contributed by atoms with Gasteiger partial charge in [0.1, 0.15) is 0 Å². The molecular weight excluding hydrogens is 409 g/mol. The number of benzene rings is 2. The summed E-state index contributed by atoms with van der Waals surface area (Å²) >= 11 is 5.82. The third-order valence-corrected chi connectivity index (χ3v) is 4.46. The zero-order chi connectivity index (χ0) is 21.6. The Kier molecular flexibility index (Phi) is 7.50. The summed E-state index contributed by atoms with van der Waals surface area (Å²) in [5, 5.41) is 2.15. The molecule has 0 aromatic heterocycles. The van der Waals surface area contributed by atoms with E-state index < -0.39 is 30.2 Å². The Labute approximate surface area is 171 Å². The molecule has 2 rings (SSSR count). The second-order valence-electron chi connectivity index (χ2n) is 6.04. The maximum Gasteiger partial charge on any atom is 0.416 e. The molecule has 0 aliphatic carbocycles. The van der Waals surface area contributed by atoms with Gasteiger partial charge in [-0.05, 0) is 56.3 Å². The molecule has 0 aliphatic heterocycles. The van der Waals surface area contributed by atoms with Gasteiger partial charge in [-0.25, -0.2) is 4.79 Å². The molecule has 0 bridgehead atoms. The first kappa shape index (κ1) is 22.5. The fraction of sp³-hybridized carbons (Fsp3) is 0.300. The van der Waals surface area contributed by atoms with Crippen LogP contribution < -0.4 is 10.2 Å². The van der Waals surface area contributed by atoms with Gasteiger partial charge in [0.05, 0.1) is 21.8 Å². The van der Waals surface area contributed by atoms with Crippen LogP contribution in [-0.4, -0.2) is 31.6 Å². The highest BCUT2D eigenvalue weighted by Gasteiger charge is 2.31. The molecule has 1 N–H and O–H groups in total. The standard InChI is InChI=1S/C20H20ClF3N2O3/c1-3-26(4-2)15-8-5-13(6-9-15)19(28)29-12-18(27)25-17-11-14(20(22,23)24)7-10-16(17)21/h5-11H,3-4,12H2,1-2H3,(H,25,27). The molecule has 0 atom stereocenters. The number of carbonyl (C=O) groups excluding carboxylic acids is 2. The third kappa shape index (κ3) is 6.12. The van der Waals surface area contributed by atoms with E-state index in [2.05, 4.69) is 10.2 Å². The highest BCUT2D eigenvalue weighted by atomic mass is 35.5. The zero-order valence-electron chi connectivity index (χ0n) is 15.8. The molecule has 5 nitrogen and oxygen atoms in total. The van der Waals surface area contributed by atoms with Gasteiger partial charge < -0.3 is 15.0 Å². The number of anilines is 2. The van der Waals surface area contributed by atoms with Crippen LogP contribution >= 0.6 is 11.6 Å². The number of alkyl halides is 3. The molecule has 0 unspecified atom stereocenters. The topological polar surface area (TPSA) is 58.6 Å². The van der Waals surface area contributed by atoms with Crippen molar-refractivity contribution >= 4 is 34.9 Å². The minimum absolute atomic E-state index is 0.0651. The zero-order valence-corrected chi connectivity index (χ0v) is 16.6. The summed E-state index contributed by atoms with van der Waals surface area (Å²) in [4.78, 5) is 26.1. The average Bonchev–Trinajstić information content (AvgIpc) is 2.68. The Morgan fingerprint density at radius 1 is 1.07 bits per heavy atom. The maximum atomic E-state index is 12.8. The van der Waals surface area contributed by atoms with Gasteiger partial charge in [-0.2, -0.15) is 13.2 Å². The Balaban J connectivity index is 1.96. The predicted molar refractivity (Wildman–Crippen MR) is 105 cm³/mol. The molecule has 0 heterocycles. The van der Waals surface area contributed by atoms with Crippen LogP contribution in [0.25, 0.3) is 0 Å². The second-order valence-corrected chi connectivity index (χ2v) is 6.44. The monoisotopic (exact) mass is 428 g/mol. The summed E-state index contributed by atoms with van der Waals surface area (Å²) in [6.45, 7) is 5.00. The number of hydrogen-bond acceptors (Lipinski definition) is 4. The number of nitrogens with one attached hydrogen (secondary N) is 1. The summed E-state index contributed by atoms with van der Waals surface area (Å²) in [5.74, 6) is -1.53. The van der Waals surface area contributed by atoms with E-state index in [0.717, 1.165) is 30.9 Å². The lowest BCUT2D eigenvalue weighted by Crippen LogP contribution is -2.22. The normalized spacial score (nSPS) is 11.1. The fourth-order valence-electron chi connectivity index (χ4n) is 2.60. The van der Waals surface area contributed by atoms with Gasteiger partial charge in [0.25, 0.3) is 5.91 Å². The minimum Gasteiger partial charge on any atom is -0.452 e. The molecule has 1 amide bonds. The first-order valence-electron chi connectivity index (χ1n) is 8.84. The molecule has 0 fully saturated rings. The smallest absolute Gasteiger partial charge is 0.416 e. The number of ether oxygens (including phenoxy) is 1. The van der Waals surface area contributed by atoms with E-state index in [1.807, 2.05) is 13.8 Å². The summed E-state index contributed by atoms with van der Waals surface area (Å²) in [7, 11) is 0. The Morgan fingerprint density at radius 3 is 2.24 bits per heavy atom. The number of hydrogen-bond donors (Lipinski definition) is 1. The summed E-state index contributed by atoms with van der Waals surface area (Å²) in [6.07, 6.45) is -4.58. The lowest BCUT2D eigenvalue weighted by Gasteiger charge is -2.20. The van der Waals surface area contributed by atoms with Crippen LogP contribution in [0.2, 0.25) is 5.02 Å². The van der Waals surface area contributed by atoms with Gasteiger partial charge in [0, 0.05) is 18.8 Å². The number of nitrogens with zero attached hydrogens (tertiary/aromatic N) is 1. The predicted octanol–water partition coefficient (Wildman–Crippen LogP) is 5.00. The van der Waals surface area contributed by atoms with Crippen molar-refractivity contribution in [3.05, 3.63) is 58.6 Å². The maximum absolute atomic E-state index is 12.8. The lowest BCUT2D eigenvalue weighted by molar-refractivity contribution is -0.137. The first-order chi connectivity index (χ1) is 13.7. The van der Waals surface area contributed by atoms with Crippen molar-refractivity contribution in [2.45, 2.75) is 20.0 Å². The van der Waals surface area contributed by atoms with Crippen molar-refractivity contribution in [2.24, 2.45) is 0 Å². The highest BCUT2D eigenvalue weighted by Crippen LogP contribution is 2.33. The fourth-order valence-corrected chi connectivity index (χ4v) is 2.76. The van der Waals surface area contributed by atoms with E-state index in [0.29, 0.717) is 6.07 Å². The molecule has 0 saturated carbocycles. The van der Waals surface area contributed by atoms with E-state index in [4.69, 9.17) is 16.3 Å². The van der Waals surface area contributed by atoms with Gasteiger partial charge in [-0.3, -0.25) is 4.79 Å². The van der Waals surface area contributed by atoms with E-state index in [9.17, 15) is 22.8 Å². The van der Waals surface area contributed by atoms with Crippen LogP contribution in [0.3, 0.4) is 0 Å². The van der Waals surface area contributed by atoms with E-state index >= 15 is 0 Å². The van der Waals surface area contributed by atoms with Gasteiger partial charge >= 0.3 is 12.1 Å². The van der Waals surface area contributed by atoms with Gasteiger partial charge in [-0.15, -0.1) is 0 Å². The molecule has 0 radical (unpaired) electrons. The number of esters is 1. The molecule has 156 valence electrons. The number of amides is 1. The quantitative estimate of drug-likeness (QED) is 0.630. The third-order valence-electron chi connectivity index (χ3n) is 4.13. The van der Waals surface area contributed by atoms with E-state index in [1.165, 1.54) is 0 Å². The number of halogens is 4. The second kappa shape index (κ2) is 9.65. The van der Waals surface area contributed by atoms with Crippen molar-refractivity contribution in [3.63, 3.8) is 0 Å². The molecule has 2 aromatic rings. The molecular formula is C20H20ClF3N2O3. The van der Waals surface area contributed by atoms with Crippen LogP contribution in [0, 0.1) is 0 Å².